The van der Waals surface area contributed by atoms with E-state index < -0.39 is 0 Å². The molecule has 0 radical (unpaired) electrons. The van der Waals surface area contributed by atoms with E-state index in [-0.39, 0.29) is 17.8 Å². The summed E-state index contributed by atoms with van der Waals surface area (Å²) in [7, 11) is 0. The maximum absolute atomic E-state index is 13.0. The maximum Gasteiger partial charge on any atom is 0.251 e. The fourth-order valence-corrected chi connectivity index (χ4v) is 2.47. The zero-order chi connectivity index (χ0) is 16.9. The van der Waals surface area contributed by atoms with Crippen LogP contribution in [0.4, 0.5) is 4.39 Å². The van der Waals surface area contributed by atoms with Gasteiger partial charge < -0.3 is 9.88 Å². The van der Waals surface area contributed by atoms with Crippen molar-refractivity contribution in [3.05, 3.63) is 89.8 Å². The Morgan fingerprint density at radius 1 is 1.17 bits per heavy atom. The summed E-state index contributed by atoms with van der Waals surface area (Å²) in [5.74, 6) is -0.438. The number of carbonyl (C=O) groups is 1. The van der Waals surface area contributed by atoms with Crippen LogP contribution in [0.3, 0.4) is 0 Å². The van der Waals surface area contributed by atoms with Crippen LogP contribution < -0.4 is 5.32 Å². The van der Waals surface area contributed by atoms with Crippen molar-refractivity contribution in [1.29, 1.82) is 0 Å². The van der Waals surface area contributed by atoms with Gasteiger partial charge in [-0.3, -0.25) is 4.79 Å². The lowest BCUT2D eigenvalue weighted by Gasteiger charge is -2.14. The Balaban J connectivity index is 1.63. The van der Waals surface area contributed by atoms with Crippen LogP contribution in [0.1, 0.15) is 34.5 Å². The standard InChI is InChI=1S/C19H18FN3O/c1-14(16-6-8-18(20)9-7-16)22-19(24)17-4-2-15(3-5-17)12-23-11-10-21-13-23/h2-11,13-14H,12H2,1H3,(H,22,24). The van der Waals surface area contributed by atoms with Crippen LogP contribution in [0, 0.1) is 5.82 Å². The molecule has 1 amide bonds. The summed E-state index contributed by atoms with van der Waals surface area (Å²) >= 11 is 0. The molecule has 24 heavy (non-hydrogen) atoms. The molecule has 0 aliphatic heterocycles. The molecule has 3 aromatic rings. The average molecular weight is 323 g/mol. The number of nitrogens with one attached hydrogen (secondary N) is 1. The number of hydrogen-bond acceptors (Lipinski definition) is 2. The molecule has 122 valence electrons. The molecule has 0 aliphatic carbocycles. The summed E-state index contributed by atoms with van der Waals surface area (Å²) in [6.07, 6.45) is 5.38. The Hall–Kier alpha value is -2.95. The lowest BCUT2D eigenvalue weighted by Crippen LogP contribution is -2.26. The van der Waals surface area contributed by atoms with Gasteiger partial charge in [-0.05, 0) is 42.3 Å². The Kier molecular flexibility index (Phi) is 4.70. The van der Waals surface area contributed by atoms with E-state index in [1.165, 1.54) is 12.1 Å². The molecule has 0 saturated heterocycles. The summed E-state index contributed by atoms with van der Waals surface area (Å²) in [5.41, 5.74) is 2.55. The Labute approximate surface area is 140 Å². The highest BCUT2D eigenvalue weighted by Gasteiger charge is 2.11. The minimum Gasteiger partial charge on any atom is -0.346 e. The maximum atomic E-state index is 13.0. The van der Waals surface area contributed by atoms with Gasteiger partial charge in [-0.15, -0.1) is 0 Å². The summed E-state index contributed by atoms with van der Waals surface area (Å²) < 4.78 is 14.9. The number of nitrogens with zero attached hydrogens (tertiary/aromatic N) is 2. The fourth-order valence-electron chi connectivity index (χ4n) is 2.47. The monoisotopic (exact) mass is 323 g/mol. The van der Waals surface area contributed by atoms with Gasteiger partial charge in [0.1, 0.15) is 5.82 Å². The van der Waals surface area contributed by atoms with Crippen molar-refractivity contribution in [1.82, 2.24) is 14.9 Å². The number of amides is 1. The van der Waals surface area contributed by atoms with Crippen molar-refractivity contribution in [2.45, 2.75) is 19.5 Å². The zero-order valence-electron chi connectivity index (χ0n) is 13.3. The smallest absolute Gasteiger partial charge is 0.251 e. The van der Waals surface area contributed by atoms with Gasteiger partial charge >= 0.3 is 0 Å². The number of halogens is 1. The van der Waals surface area contributed by atoms with Crippen LogP contribution in [0.2, 0.25) is 0 Å². The van der Waals surface area contributed by atoms with Gasteiger partial charge in [-0.2, -0.15) is 0 Å². The SMILES string of the molecule is CC(NC(=O)c1ccc(Cn2ccnc2)cc1)c1ccc(F)cc1. The molecule has 0 aliphatic rings. The van der Waals surface area contributed by atoms with Gasteiger partial charge in [0.2, 0.25) is 0 Å². The molecular weight excluding hydrogens is 305 g/mol. The molecule has 5 heteroatoms. The summed E-state index contributed by atoms with van der Waals surface area (Å²) in [6.45, 7) is 2.59. The lowest BCUT2D eigenvalue weighted by molar-refractivity contribution is 0.0940. The molecule has 0 spiro atoms. The van der Waals surface area contributed by atoms with Gasteiger partial charge in [-0.25, -0.2) is 9.37 Å². The highest BCUT2D eigenvalue weighted by Crippen LogP contribution is 2.14. The summed E-state index contributed by atoms with van der Waals surface area (Å²) in [4.78, 5) is 16.3. The summed E-state index contributed by atoms with van der Waals surface area (Å²) in [5, 5.41) is 2.92. The zero-order valence-corrected chi connectivity index (χ0v) is 13.3. The first-order valence-corrected chi connectivity index (χ1v) is 7.73. The van der Waals surface area contributed by atoms with Crippen LogP contribution in [-0.4, -0.2) is 15.5 Å². The largest absolute Gasteiger partial charge is 0.346 e. The topological polar surface area (TPSA) is 46.9 Å². The first-order chi connectivity index (χ1) is 11.6. The predicted molar refractivity (Wildman–Crippen MR) is 90.1 cm³/mol. The Bertz CT molecular complexity index is 796. The third-order valence-corrected chi connectivity index (χ3v) is 3.86. The first-order valence-electron chi connectivity index (χ1n) is 7.73. The summed E-state index contributed by atoms with van der Waals surface area (Å²) in [6, 6.07) is 13.4. The van der Waals surface area contributed by atoms with E-state index in [0.29, 0.717) is 12.1 Å². The molecule has 1 atom stereocenters. The van der Waals surface area contributed by atoms with Crippen molar-refractivity contribution in [2.75, 3.05) is 0 Å². The van der Waals surface area contributed by atoms with Crippen molar-refractivity contribution >= 4 is 5.91 Å². The van der Waals surface area contributed by atoms with Gasteiger partial charge in [0.15, 0.2) is 0 Å². The molecule has 1 heterocycles. The minimum atomic E-state index is -0.286. The second kappa shape index (κ2) is 7.08. The van der Waals surface area contributed by atoms with Crippen molar-refractivity contribution in [2.24, 2.45) is 0 Å². The van der Waals surface area contributed by atoms with Crippen LogP contribution in [0.25, 0.3) is 0 Å². The van der Waals surface area contributed by atoms with E-state index in [1.54, 1.807) is 36.8 Å². The molecular formula is C19H18FN3O. The highest BCUT2D eigenvalue weighted by molar-refractivity contribution is 5.94. The minimum absolute atomic E-state index is 0.152. The van der Waals surface area contributed by atoms with Crippen molar-refractivity contribution in [3.8, 4) is 0 Å². The van der Waals surface area contributed by atoms with Crippen molar-refractivity contribution < 1.29 is 9.18 Å². The molecule has 0 saturated carbocycles. The average Bonchev–Trinajstić information content (AvgIpc) is 3.09. The highest BCUT2D eigenvalue weighted by atomic mass is 19.1. The van der Waals surface area contributed by atoms with Crippen molar-refractivity contribution in [3.63, 3.8) is 0 Å². The Morgan fingerprint density at radius 2 is 1.88 bits per heavy atom. The quantitative estimate of drug-likeness (QED) is 0.780. The molecule has 1 unspecified atom stereocenters. The fraction of sp³-hybridized carbons (Fsp3) is 0.158. The van der Waals surface area contributed by atoms with E-state index >= 15 is 0 Å². The first kappa shape index (κ1) is 15.9. The van der Waals surface area contributed by atoms with Crippen LogP contribution in [0.15, 0.2) is 67.3 Å². The predicted octanol–water partition coefficient (Wildman–Crippen LogP) is 3.56. The number of carbonyl (C=O) groups excluding carboxylic acids is 1. The third kappa shape index (κ3) is 3.87. The van der Waals surface area contributed by atoms with E-state index in [1.807, 2.05) is 29.8 Å². The van der Waals surface area contributed by atoms with E-state index in [2.05, 4.69) is 10.3 Å². The number of rotatable bonds is 5. The molecule has 1 N–H and O–H groups in total. The second-order valence-corrected chi connectivity index (χ2v) is 5.68. The number of aromatic nitrogens is 2. The van der Waals surface area contributed by atoms with Crippen LogP contribution in [-0.2, 0) is 6.54 Å². The normalized spacial score (nSPS) is 11.9. The van der Waals surface area contributed by atoms with E-state index in [4.69, 9.17) is 0 Å². The van der Waals surface area contributed by atoms with E-state index in [9.17, 15) is 9.18 Å². The van der Waals surface area contributed by atoms with Gasteiger partial charge in [-0.1, -0.05) is 24.3 Å². The molecule has 4 nitrogen and oxygen atoms in total. The number of imidazole rings is 1. The van der Waals surface area contributed by atoms with Gasteiger partial charge in [0.05, 0.1) is 12.4 Å². The van der Waals surface area contributed by atoms with Crippen LogP contribution >= 0.6 is 0 Å². The second-order valence-electron chi connectivity index (χ2n) is 5.68. The van der Waals surface area contributed by atoms with Gasteiger partial charge in [0, 0.05) is 24.5 Å². The third-order valence-electron chi connectivity index (χ3n) is 3.86. The van der Waals surface area contributed by atoms with E-state index in [0.717, 1.165) is 11.1 Å². The number of hydrogen-bond donors (Lipinski definition) is 1. The molecule has 3 rings (SSSR count). The molecule has 1 aromatic heterocycles. The van der Waals surface area contributed by atoms with Crippen LogP contribution in [0.5, 0.6) is 0 Å². The molecule has 0 fully saturated rings. The lowest BCUT2D eigenvalue weighted by atomic mass is 10.1. The van der Waals surface area contributed by atoms with Gasteiger partial charge in [0.25, 0.3) is 5.91 Å². The number of benzene rings is 2. The Morgan fingerprint density at radius 3 is 2.50 bits per heavy atom. The molecule has 0 bridgehead atoms. The molecule has 2 aromatic carbocycles.